The summed E-state index contributed by atoms with van der Waals surface area (Å²) in [5.74, 6) is -0.133. The number of halogens is 3. The fraction of sp³-hybridized carbons (Fsp3) is 0.333. The van der Waals surface area contributed by atoms with E-state index in [4.69, 9.17) is 39.5 Å². The van der Waals surface area contributed by atoms with Gasteiger partial charge in [0.15, 0.2) is 6.61 Å². The summed E-state index contributed by atoms with van der Waals surface area (Å²) in [5.41, 5.74) is 1.63. The summed E-state index contributed by atoms with van der Waals surface area (Å²) >= 11 is 18.9. The lowest BCUT2D eigenvalue weighted by atomic mass is 9.94. The smallest absolute Gasteiger partial charge is 0.261 e. The topological polar surface area (TPSA) is 58.6 Å². The number of amides is 2. The fourth-order valence-electron chi connectivity index (χ4n) is 4.72. The molecule has 0 bridgehead atoms. The highest BCUT2D eigenvalue weighted by Crippen LogP contribution is 2.26. The van der Waals surface area contributed by atoms with Crippen LogP contribution in [0, 0.1) is 0 Å². The van der Waals surface area contributed by atoms with Gasteiger partial charge in [-0.1, -0.05) is 103 Å². The number of ether oxygens (including phenoxy) is 1. The Kier molecular flexibility index (Phi) is 10.3. The lowest BCUT2D eigenvalue weighted by Crippen LogP contribution is -2.53. The molecule has 38 heavy (non-hydrogen) atoms. The number of nitrogens with one attached hydrogen (secondary N) is 1. The molecule has 2 amide bonds. The molecule has 8 heteroatoms. The molecule has 1 atom stereocenters. The monoisotopic (exact) mass is 572 g/mol. The van der Waals surface area contributed by atoms with E-state index < -0.39 is 6.04 Å². The van der Waals surface area contributed by atoms with Gasteiger partial charge in [0.2, 0.25) is 5.91 Å². The molecule has 0 radical (unpaired) electrons. The molecule has 0 heterocycles. The highest BCUT2D eigenvalue weighted by molar-refractivity contribution is 6.35. The van der Waals surface area contributed by atoms with E-state index in [9.17, 15) is 9.59 Å². The number of rotatable bonds is 10. The molecular weight excluding hydrogens is 543 g/mol. The maximum absolute atomic E-state index is 13.8. The van der Waals surface area contributed by atoms with Crippen LogP contribution >= 0.6 is 34.8 Å². The van der Waals surface area contributed by atoms with Gasteiger partial charge in [0.1, 0.15) is 11.8 Å². The molecule has 0 aliphatic heterocycles. The lowest BCUT2D eigenvalue weighted by Gasteiger charge is -2.33. The largest absolute Gasteiger partial charge is 0.482 e. The van der Waals surface area contributed by atoms with E-state index in [1.807, 2.05) is 30.3 Å². The van der Waals surface area contributed by atoms with Crippen molar-refractivity contribution in [1.82, 2.24) is 10.2 Å². The van der Waals surface area contributed by atoms with Crippen LogP contribution in [0.2, 0.25) is 15.1 Å². The SMILES string of the molecule is O=C(NC1CCCCC1)[C@@H](Cc1ccccc1)N(Cc1ccc(Cl)cc1Cl)C(=O)COc1ccccc1Cl. The van der Waals surface area contributed by atoms with Gasteiger partial charge in [-0.3, -0.25) is 9.59 Å². The molecule has 0 saturated heterocycles. The summed E-state index contributed by atoms with van der Waals surface area (Å²) in [4.78, 5) is 29.1. The zero-order valence-corrected chi connectivity index (χ0v) is 23.3. The van der Waals surface area contributed by atoms with Crippen LogP contribution in [-0.4, -0.2) is 35.4 Å². The molecule has 1 aliphatic carbocycles. The molecule has 5 nitrogen and oxygen atoms in total. The van der Waals surface area contributed by atoms with E-state index in [0.29, 0.717) is 32.8 Å². The standard InChI is InChI=1S/C30H31Cl3N2O3/c31-23-16-15-22(26(33)18-23)19-35(29(36)20-38-28-14-8-7-13-25(28)32)27(17-21-9-3-1-4-10-21)30(37)34-24-11-5-2-6-12-24/h1,3-4,7-10,13-16,18,24,27H,2,5-6,11-12,17,19-20H2,(H,34,37)/t27-/m1/s1. The average Bonchev–Trinajstić information content (AvgIpc) is 2.92. The van der Waals surface area contributed by atoms with Gasteiger partial charge in [0.05, 0.1) is 5.02 Å². The number of carbonyl (C=O) groups is 2. The van der Waals surface area contributed by atoms with Crippen LogP contribution in [0.5, 0.6) is 5.75 Å². The van der Waals surface area contributed by atoms with Crippen molar-refractivity contribution in [1.29, 1.82) is 0 Å². The molecular formula is C30H31Cl3N2O3. The molecule has 4 rings (SSSR count). The van der Waals surface area contributed by atoms with Gasteiger partial charge in [-0.2, -0.15) is 0 Å². The van der Waals surface area contributed by atoms with Crippen molar-refractivity contribution in [3.63, 3.8) is 0 Å². The Morgan fingerprint density at radius 2 is 1.61 bits per heavy atom. The zero-order valence-electron chi connectivity index (χ0n) is 21.0. The van der Waals surface area contributed by atoms with Gasteiger partial charge in [-0.05, 0) is 48.2 Å². The lowest BCUT2D eigenvalue weighted by molar-refractivity contribution is -0.143. The number of carbonyl (C=O) groups excluding carboxylic acids is 2. The van der Waals surface area contributed by atoms with Gasteiger partial charge in [0, 0.05) is 29.1 Å². The van der Waals surface area contributed by atoms with Crippen LogP contribution in [0.4, 0.5) is 0 Å². The van der Waals surface area contributed by atoms with E-state index in [1.54, 1.807) is 47.4 Å². The second-order valence-corrected chi connectivity index (χ2v) is 10.8. The number of benzene rings is 3. The van der Waals surface area contributed by atoms with Crippen LogP contribution < -0.4 is 10.1 Å². The summed E-state index contributed by atoms with van der Waals surface area (Å²) in [6, 6.07) is 21.1. The highest BCUT2D eigenvalue weighted by atomic mass is 35.5. The van der Waals surface area contributed by atoms with Gasteiger partial charge in [-0.15, -0.1) is 0 Å². The van der Waals surface area contributed by atoms with Crippen molar-refractivity contribution in [2.75, 3.05) is 6.61 Å². The normalized spacial score (nSPS) is 14.5. The Morgan fingerprint density at radius 3 is 2.32 bits per heavy atom. The third kappa shape index (κ3) is 7.89. The van der Waals surface area contributed by atoms with Crippen LogP contribution in [0.25, 0.3) is 0 Å². The van der Waals surface area contributed by atoms with Crippen molar-refractivity contribution in [2.45, 2.75) is 57.2 Å². The predicted molar refractivity (Wildman–Crippen MR) is 153 cm³/mol. The third-order valence-corrected chi connectivity index (χ3v) is 7.67. The average molecular weight is 574 g/mol. The van der Waals surface area contributed by atoms with E-state index in [1.165, 1.54) is 6.42 Å². The molecule has 200 valence electrons. The molecule has 1 aliphatic rings. The van der Waals surface area contributed by atoms with Crippen molar-refractivity contribution in [3.8, 4) is 5.75 Å². The first-order valence-electron chi connectivity index (χ1n) is 12.9. The van der Waals surface area contributed by atoms with Crippen molar-refractivity contribution in [3.05, 3.63) is 99.0 Å². The Bertz CT molecular complexity index is 1230. The first-order chi connectivity index (χ1) is 18.4. The quantitative estimate of drug-likeness (QED) is 0.281. The maximum Gasteiger partial charge on any atom is 0.261 e. The summed E-state index contributed by atoms with van der Waals surface area (Å²) in [6.07, 6.45) is 5.58. The van der Waals surface area contributed by atoms with Crippen LogP contribution in [0.3, 0.4) is 0 Å². The Hall–Kier alpha value is -2.73. The highest BCUT2D eigenvalue weighted by Gasteiger charge is 2.32. The zero-order chi connectivity index (χ0) is 26.9. The summed E-state index contributed by atoms with van der Waals surface area (Å²) < 4.78 is 5.79. The van der Waals surface area contributed by atoms with E-state index in [-0.39, 0.29) is 31.0 Å². The number of nitrogens with zero attached hydrogens (tertiary/aromatic N) is 1. The summed E-state index contributed by atoms with van der Waals surface area (Å²) in [7, 11) is 0. The summed E-state index contributed by atoms with van der Waals surface area (Å²) in [5, 5.41) is 4.54. The molecule has 1 fully saturated rings. The molecule has 3 aromatic carbocycles. The van der Waals surface area contributed by atoms with Crippen molar-refractivity contribution >= 4 is 46.6 Å². The fourth-order valence-corrected chi connectivity index (χ4v) is 5.37. The van der Waals surface area contributed by atoms with Crippen LogP contribution in [0.1, 0.15) is 43.2 Å². The Labute approximate surface area is 239 Å². The third-order valence-electron chi connectivity index (χ3n) is 6.77. The second-order valence-electron chi connectivity index (χ2n) is 9.53. The van der Waals surface area contributed by atoms with Crippen LogP contribution in [0.15, 0.2) is 72.8 Å². The number of hydrogen-bond acceptors (Lipinski definition) is 3. The Morgan fingerprint density at radius 1 is 0.895 bits per heavy atom. The minimum Gasteiger partial charge on any atom is -0.482 e. The second kappa shape index (κ2) is 13.9. The molecule has 3 aromatic rings. The number of hydrogen-bond donors (Lipinski definition) is 1. The minimum absolute atomic E-state index is 0.102. The Balaban J connectivity index is 1.64. The minimum atomic E-state index is -0.770. The first kappa shape index (κ1) is 28.3. The molecule has 0 spiro atoms. The van der Waals surface area contributed by atoms with E-state index in [0.717, 1.165) is 31.2 Å². The van der Waals surface area contributed by atoms with Crippen molar-refractivity contribution in [2.24, 2.45) is 0 Å². The maximum atomic E-state index is 13.8. The first-order valence-corrected chi connectivity index (χ1v) is 14.0. The van der Waals surface area contributed by atoms with Gasteiger partial charge < -0.3 is 15.0 Å². The molecule has 1 saturated carbocycles. The van der Waals surface area contributed by atoms with Gasteiger partial charge in [-0.25, -0.2) is 0 Å². The molecule has 0 unspecified atom stereocenters. The van der Waals surface area contributed by atoms with Gasteiger partial charge >= 0.3 is 0 Å². The predicted octanol–water partition coefficient (Wildman–Crippen LogP) is 7.11. The molecule has 1 N–H and O–H groups in total. The summed E-state index contributed by atoms with van der Waals surface area (Å²) in [6.45, 7) is -0.159. The van der Waals surface area contributed by atoms with Gasteiger partial charge in [0.25, 0.3) is 5.91 Å². The van der Waals surface area contributed by atoms with Crippen molar-refractivity contribution < 1.29 is 14.3 Å². The van der Waals surface area contributed by atoms with Crippen LogP contribution in [-0.2, 0) is 22.6 Å². The number of para-hydroxylation sites is 1. The van der Waals surface area contributed by atoms with E-state index in [2.05, 4.69) is 5.32 Å². The molecule has 0 aromatic heterocycles. The van der Waals surface area contributed by atoms with E-state index >= 15 is 0 Å².